The number of rotatable bonds is 4. The second kappa shape index (κ2) is 10.2. The van der Waals surface area contributed by atoms with E-state index >= 15 is 0 Å². The summed E-state index contributed by atoms with van der Waals surface area (Å²) in [6.07, 6.45) is 1.72. The topological polar surface area (TPSA) is 31.4 Å². The molecule has 0 amide bonds. The van der Waals surface area contributed by atoms with Crippen molar-refractivity contribution in [3.8, 4) is 27.6 Å². The molecule has 0 atom stereocenters. The molecule has 9 rings (SSSR count). The van der Waals surface area contributed by atoms with Crippen LogP contribution < -0.4 is 4.90 Å². The molecule has 0 saturated carbocycles. The van der Waals surface area contributed by atoms with E-state index in [2.05, 4.69) is 143 Å². The standard InChI is InChI=1S/C41H23N3S2/c1-43-26(25-42)22-30-24-37-40(45-30)38-39(46-37)33-21-20-29(44(27-12-4-2-5-13-27)28-14-6-3-7-15-28)23-36(33)41(38)34-18-10-8-16-31(34)32-17-9-11-19-35(32)41/h2-24H/b26-22-. The highest BCUT2D eigenvalue weighted by molar-refractivity contribution is 7.30. The van der Waals surface area contributed by atoms with Gasteiger partial charge in [-0.25, -0.2) is 10.1 Å². The molecule has 2 aliphatic rings. The maximum atomic E-state index is 9.48. The Kier molecular flexibility index (Phi) is 5.89. The average Bonchev–Trinajstić information content (AvgIpc) is 3.82. The smallest absolute Gasteiger partial charge is 0.263 e. The quantitative estimate of drug-likeness (QED) is 0.145. The average molecular weight is 622 g/mol. The van der Waals surface area contributed by atoms with Gasteiger partial charge in [0, 0.05) is 37.1 Å². The molecule has 0 aliphatic heterocycles. The summed E-state index contributed by atoms with van der Waals surface area (Å²) in [6.45, 7) is 7.43. The van der Waals surface area contributed by atoms with E-state index < -0.39 is 5.41 Å². The molecule has 2 heterocycles. The zero-order valence-electron chi connectivity index (χ0n) is 24.4. The summed E-state index contributed by atoms with van der Waals surface area (Å²) in [5.74, 6) is 0. The number of allylic oxidation sites excluding steroid dienone is 1. The SMILES string of the molecule is [C-]#[N+]/C(C#N)=C\c1cc2sc3c(c2s1)C1(c2ccccc2-c2ccccc21)c1cc(N(c2ccccc2)c2ccccc2)ccc1-3. The number of anilines is 3. The van der Waals surface area contributed by atoms with Crippen LogP contribution in [0.2, 0.25) is 0 Å². The summed E-state index contributed by atoms with van der Waals surface area (Å²) >= 11 is 3.50. The van der Waals surface area contributed by atoms with E-state index in [4.69, 9.17) is 6.57 Å². The Morgan fingerprint density at radius 3 is 1.89 bits per heavy atom. The molecule has 0 unspecified atom stereocenters. The van der Waals surface area contributed by atoms with E-state index in [-0.39, 0.29) is 5.70 Å². The Labute approximate surface area is 275 Å². The highest BCUT2D eigenvalue weighted by Crippen LogP contribution is 2.67. The van der Waals surface area contributed by atoms with Crippen LogP contribution in [0.3, 0.4) is 0 Å². The maximum Gasteiger partial charge on any atom is 0.263 e. The first-order valence-electron chi connectivity index (χ1n) is 15.0. The molecular formula is C41H23N3S2. The molecule has 7 aromatic rings. The largest absolute Gasteiger partial charge is 0.310 e. The van der Waals surface area contributed by atoms with Crippen LogP contribution in [0, 0.1) is 17.9 Å². The third-order valence-corrected chi connectivity index (χ3v) is 11.6. The van der Waals surface area contributed by atoms with Crippen LogP contribution in [0.25, 0.3) is 41.9 Å². The lowest BCUT2D eigenvalue weighted by Gasteiger charge is -2.32. The van der Waals surface area contributed by atoms with Gasteiger partial charge in [-0.3, -0.25) is 0 Å². The fourth-order valence-electron chi connectivity index (χ4n) is 7.44. The molecule has 0 fully saturated rings. The number of hydrogen-bond donors (Lipinski definition) is 0. The lowest BCUT2D eigenvalue weighted by Crippen LogP contribution is -2.26. The van der Waals surface area contributed by atoms with E-state index in [1.165, 1.54) is 53.2 Å². The lowest BCUT2D eigenvalue weighted by atomic mass is 9.71. The summed E-state index contributed by atoms with van der Waals surface area (Å²) in [4.78, 5) is 7.99. The molecule has 0 bridgehead atoms. The minimum atomic E-state index is -0.505. The first-order chi connectivity index (χ1) is 22.7. The van der Waals surface area contributed by atoms with Crippen LogP contribution in [0.15, 0.2) is 139 Å². The Bertz CT molecular complexity index is 2350. The highest BCUT2D eigenvalue weighted by atomic mass is 32.1. The molecule has 1 spiro atoms. The molecule has 2 aliphatic carbocycles. The van der Waals surface area contributed by atoms with Crippen molar-refractivity contribution >= 4 is 55.2 Å². The number of nitriles is 1. The molecule has 46 heavy (non-hydrogen) atoms. The van der Waals surface area contributed by atoms with Crippen molar-refractivity contribution in [3.05, 3.63) is 178 Å². The van der Waals surface area contributed by atoms with E-state index in [0.29, 0.717) is 0 Å². The van der Waals surface area contributed by atoms with Gasteiger partial charge in [0.1, 0.15) is 0 Å². The predicted molar refractivity (Wildman–Crippen MR) is 191 cm³/mol. The fourth-order valence-corrected chi connectivity index (χ4v) is 10.2. The third kappa shape index (κ3) is 3.62. The second-order valence-electron chi connectivity index (χ2n) is 11.5. The molecule has 214 valence electrons. The first-order valence-corrected chi connectivity index (χ1v) is 16.7. The number of nitrogens with zero attached hydrogens (tertiary/aromatic N) is 3. The van der Waals surface area contributed by atoms with Crippen LogP contribution in [0.4, 0.5) is 17.1 Å². The van der Waals surface area contributed by atoms with Crippen LogP contribution in [0.1, 0.15) is 27.1 Å². The Balaban J connectivity index is 1.37. The molecule has 5 aromatic carbocycles. The molecule has 3 nitrogen and oxygen atoms in total. The summed E-state index contributed by atoms with van der Waals surface area (Å²) in [5.41, 5.74) is 11.9. The number of benzene rings is 5. The van der Waals surface area contributed by atoms with Crippen molar-refractivity contribution in [1.82, 2.24) is 0 Å². The van der Waals surface area contributed by atoms with Gasteiger partial charge in [0.25, 0.3) is 5.70 Å². The van der Waals surface area contributed by atoms with Gasteiger partial charge < -0.3 is 4.90 Å². The first kappa shape index (κ1) is 26.7. The monoisotopic (exact) mass is 621 g/mol. The Hall–Kier alpha value is -5.72. The zero-order valence-corrected chi connectivity index (χ0v) is 26.1. The number of thiophene rings is 2. The second-order valence-corrected chi connectivity index (χ2v) is 13.6. The summed E-state index contributed by atoms with van der Waals surface area (Å²) in [5, 5.41) is 9.48. The van der Waals surface area contributed by atoms with Gasteiger partial charge in [-0.15, -0.1) is 22.7 Å². The van der Waals surface area contributed by atoms with E-state index in [1.807, 2.05) is 17.4 Å². The molecular weight excluding hydrogens is 599 g/mol. The van der Waals surface area contributed by atoms with Gasteiger partial charge in [0.15, 0.2) is 0 Å². The van der Waals surface area contributed by atoms with Gasteiger partial charge in [0.05, 0.1) is 22.8 Å². The van der Waals surface area contributed by atoms with Crippen molar-refractivity contribution in [2.75, 3.05) is 4.90 Å². The minimum absolute atomic E-state index is 0.103. The number of fused-ring (bicyclic) bond motifs is 12. The van der Waals surface area contributed by atoms with E-state index in [0.717, 1.165) is 21.9 Å². The normalized spacial score (nSPS) is 13.5. The van der Waals surface area contributed by atoms with E-state index in [1.54, 1.807) is 17.4 Å². The molecule has 0 saturated heterocycles. The van der Waals surface area contributed by atoms with Gasteiger partial charge in [-0.1, -0.05) is 91.0 Å². The van der Waals surface area contributed by atoms with E-state index in [9.17, 15) is 5.26 Å². The summed E-state index contributed by atoms with van der Waals surface area (Å²) in [6, 6.07) is 50.0. The van der Waals surface area contributed by atoms with Crippen molar-refractivity contribution in [1.29, 1.82) is 5.26 Å². The van der Waals surface area contributed by atoms with Gasteiger partial charge in [0.2, 0.25) is 0 Å². The van der Waals surface area contributed by atoms with Crippen LogP contribution >= 0.6 is 22.7 Å². The lowest BCUT2D eigenvalue weighted by molar-refractivity contribution is 0.804. The van der Waals surface area contributed by atoms with Gasteiger partial charge in [-0.05, 0) is 81.9 Å². The number of hydrogen-bond acceptors (Lipinski definition) is 4. The molecule has 5 heteroatoms. The van der Waals surface area contributed by atoms with Gasteiger partial charge in [-0.2, -0.15) is 0 Å². The highest BCUT2D eigenvalue weighted by Gasteiger charge is 2.53. The fraction of sp³-hybridized carbons (Fsp3) is 0.0244. The van der Waals surface area contributed by atoms with Crippen LogP contribution in [0.5, 0.6) is 0 Å². The van der Waals surface area contributed by atoms with Crippen LogP contribution in [-0.2, 0) is 5.41 Å². The summed E-state index contributed by atoms with van der Waals surface area (Å²) < 4.78 is 2.41. The Morgan fingerprint density at radius 1 is 0.674 bits per heavy atom. The van der Waals surface area contributed by atoms with Crippen LogP contribution in [-0.4, -0.2) is 0 Å². The molecule has 0 radical (unpaired) electrons. The Morgan fingerprint density at radius 2 is 1.28 bits per heavy atom. The maximum absolute atomic E-state index is 9.48. The van der Waals surface area contributed by atoms with Crippen molar-refractivity contribution in [2.45, 2.75) is 5.41 Å². The third-order valence-electron chi connectivity index (χ3n) is 9.16. The van der Waals surface area contributed by atoms with Crippen molar-refractivity contribution in [3.63, 3.8) is 0 Å². The minimum Gasteiger partial charge on any atom is -0.310 e. The number of para-hydroxylation sites is 2. The van der Waals surface area contributed by atoms with Crippen molar-refractivity contribution in [2.24, 2.45) is 0 Å². The molecule has 2 aromatic heterocycles. The predicted octanol–water partition coefficient (Wildman–Crippen LogP) is 11.6. The molecule has 0 N–H and O–H groups in total. The summed E-state index contributed by atoms with van der Waals surface area (Å²) in [7, 11) is 0. The van der Waals surface area contributed by atoms with Crippen molar-refractivity contribution < 1.29 is 0 Å². The van der Waals surface area contributed by atoms with Gasteiger partial charge >= 0.3 is 0 Å². The zero-order chi connectivity index (χ0) is 30.8.